The van der Waals surface area contributed by atoms with E-state index in [-0.39, 0.29) is 11.7 Å². The van der Waals surface area contributed by atoms with Gasteiger partial charge in [0.2, 0.25) is 11.6 Å². The molecule has 1 aromatic heterocycles. The van der Waals surface area contributed by atoms with Crippen LogP contribution in [0.2, 0.25) is 0 Å². The maximum Gasteiger partial charge on any atom is 0.285 e. The minimum atomic E-state index is -3.77. The van der Waals surface area contributed by atoms with Crippen LogP contribution < -0.4 is 14.3 Å². The molecule has 130 valence electrons. The summed E-state index contributed by atoms with van der Waals surface area (Å²) >= 11 is 1.32. The van der Waals surface area contributed by atoms with E-state index < -0.39 is 10.0 Å². The molecule has 0 spiro atoms. The number of sulfonamides is 1. The van der Waals surface area contributed by atoms with Gasteiger partial charge in [0, 0.05) is 18.7 Å². The Morgan fingerprint density at radius 1 is 1.16 bits per heavy atom. The molecule has 0 fully saturated rings. The molecule has 4 rings (SSSR count). The summed E-state index contributed by atoms with van der Waals surface area (Å²) in [5.74, 6) is 1.34. The number of hydrogen-bond donors (Lipinski definition) is 0. The highest BCUT2D eigenvalue weighted by molar-refractivity contribution is 7.90. The van der Waals surface area contributed by atoms with E-state index >= 15 is 0 Å². The minimum absolute atomic E-state index is 0.187. The van der Waals surface area contributed by atoms with Gasteiger partial charge in [-0.25, -0.2) is 0 Å². The average Bonchev–Trinajstić information content (AvgIpc) is 3.15. The highest BCUT2D eigenvalue weighted by Crippen LogP contribution is 2.37. The van der Waals surface area contributed by atoms with Crippen molar-refractivity contribution in [2.24, 2.45) is 4.40 Å². The van der Waals surface area contributed by atoms with Gasteiger partial charge in [0.15, 0.2) is 11.5 Å². The monoisotopic (exact) mass is 376 g/mol. The lowest BCUT2D eigenvalue weighted by Crippen LogP contribution is -2.16. The number of nitrogens with zero attached hydrogens (tertiary/aromatic N) is 2. The number of fused-ring (bicyclic) bond motifs is 2. The predicted molar refractivity (Wildman–Crippen MR) is 95.5 cm³/mol. The van der Waals surface area contributed by atoms with Gasteiger partial charge in [0.05, 0.1) is 15.1 Å². The van der Waals surface area contributed by atoms with Gasteiger partial charge in [-0.1, -0.05) is 29.0 Å². The third kappa shape index (κ3) is 2.81. The number of hydrogen-bond acceptors (Lipinski definition) is 5. The smallest absolute Gasteiger partial charge is 0.285 e. The number of thiazole rings is 1. The van der Waals surface area contributed by atoms with Crippen molar-refractivity contribution in [3.8, 4) is 11.5 Å². The molecule has 0 amide bonds. The van der Waals surface area contributed by atoms with Crippen molar-refractivity contribution in [3.05, 3.63) is 46.8 Å². The zero-order valence-corrected chi connectivity index (χ0v) is 15.4. The van der Waals surface area contributed by atoms with Gasteiger partial charge in [-0.15, -0.1) is 4.40 Å². The van der Waals surface area contributed by atoms with E-state index in [0.717, 1.165) is 15.8 Å². The van der Waals surface area contributed by atoms with Gasteiger partial charge in [-0.05, 0) is 26.0 Å². The molecule has 2 heterocycles. The first kappa shape index (κ1) is 16.2. The van der Waals surface area contributed by atoms with Gasteiger partial charge in [-0.3, -0.25) is 0 Å². The zero-order valence-electron chi connectivity index (χ0n) is 13.7. The first-order valence-corrected chi connectivity index (χ1v) is 10.0. The van der Waals surface area contributed by atoms with Crippen molar-refractivity contribution in [1.29, 1.82) is 0 Å². The van der Waals surface area contributed by atoms with Crippen LogP contribution in [0.5, 0.6) is 11.5 Å². The van der Waals surface area contributed by atoms with Gasteiger partial charge >= 0.3 is 0 Å². The minimum Gasteiger partial charge on any atom is -0.454 e. The molecule has 1 aliphatic rings. The molecular weight excluding hydrogens is 360 g/mol. The zero-order chi connectivity index (χ0) is 17.6. The summed E-state index contributed by atoms with van der Waals surface area (Å²) in [5.41, 5.74) is 1.88. The first-order valence-electron chi connectivity index (χ1n) is 7.78. The number of benzene rings is 2. The van der Waals surface area contributed by atoms with E-state index in [0.29, 0.717) is 22.8 Å². The normalized spacial score (nSPS) is 14.4. The first-order chi connectivity index (χ1) is 12.0. The van der Waals surface area contributed by atoms with Crippen molar-refractivity contribution < 1.29 is 17.9 Å². The maximum atomic E-state index is 12.6. The van der Waals surface area contributed by atoms with Gasteiger partial charge in [0.1, 0.15) is 0 Å². The molecule has 0 radical (unpaired) electrons. The summed E-state index contributed by atoms with van der Waals surface area (Å²) in [7, 11) is -3.77. The second-order valence-corrected chi connectivity index (χ2v) is 8.29. The number of ether oxygens (including phenoxy) is 2. The molecule has 0 unspecified atom stereocenters. The second-order valence-electron chi connectivity index (χ2n) is 5.68. The van der Waals surface area contributed by atoms with E-state index in [1.807, 2.05) is 30.5 Å². The third-order valence-electron chi connectivity index (χ3n) is 4.01. The van der Waals surface area contributed by atoms with E-state index in [1.165, 1.54) is 11.3 Å². The molecule has 3 aromatic rings. The van der Waals surface area contributed by atoms with Crippen LogP contribution in [-0.4, -0.2) is 19.8 Å². The SMILES string of the molecule is CCn1c(=NS(=O)(=O)c2ccc(C)cc2)sc2cc3c(cc21)OCO3. The molecular formula is C17H16N2O4S2. The highest BCUT2D eigenvalue weighted by Gasteiger charge is 2.19. The van der Waals surface area contributed by atoms with Gasteiger partial charge in [-0.2, -0.15) is 8.42 Å². The average molecular weight is 376 g/mol. The molecule has 25 heavy (non-hydrogen) atoms. The fraction of sp³-hybridized carbons (Fsp3) is 0.235. The van der Waals surface area contributed by atoms with E-state index in [2.05, 4.69) is 4.40 Å². The number of aryl methyl sites for hydroxylation is 2. The lowest BCUT2D eigenvalue weighted by Gasteiger charge is -2.02. The van der Waals surface area contributed by atoms with Crippen molar-refractivity contribution in [2.75, 3.05) is 6.79 Å². The largest absolute Gasteiger partial charge is 0.454 e. The topological polar surface area (TPSA) is 69.9 Å². The Bertz CT molecular complexity index is 1130. The fourth-order valence-corrected chi connectivity index (χ4v) is 5.01. The van der Waals surface area contributed by atoms with Crippen LogP contribution in [0.15, 0.2) is 45.7 Å². The van der Waals surface area contributed by atoms with Crippen LogP contribution in [0.25, 0.3) is 10.2 Å². The molecule has 0 atom stereocenters. The fourth-order valence-electron chi connectivity index (χ4n) is 2.70. The Kier molecular flexibility index (Phi) is 3.81. The summed E-state index contributed by atoms with van der Waals surface area (Å²) in [4.78, 5) is 0.620. The Balaban J connectivity index is 1.91. The Hall–Kier alpha value is -2.32. The summed E-state index contributed by atoms with van der Waals surface area (Å²) in [6, 6.07) is 10.4. The van der Waals surface area contributed by atoms with Crippen LogP contribution in [0.4, 0.5) is 0 Å². The molecule has 0 N–H and O–H groups in total. The van der Waals surface area contributed by atoms with Crippen molar-refractivity contribution >= 4 is 31.6 Å². The van der Waals surface area contributed by atoms with Gasteiger partial charge in [0.25, 0.3) is 10.0 Å². The maximum absolute atomic E-state index is 12.6. The lowest BCUT2D eigenvalue weighted by molar-refractivity contribution is 0.174. The van der Waals surface area contributed by atoms with Crippen LogP contribution in [0.3, 0.4) is 0 Å². The second kappa shape index (κ2) is 5.89. The highest BCUT2D eigenvalue weighted by atomic mass is 32.2. The van der Waals surface area contributed by atoms with Gasteiger partial charge < -0.3 is 14.0 Å². The van der Waals surface area contributed by atoms with E-state index in [9.17, 15) is 8.42 Å². The van der Waals surface area contributed by atoms with Crippen LogP contribution in [0, 0.1) is 6.92 Å². The Labute approximate surface area is 149 Å². The van der Waals surface area contributed by atoms with Crippen molar-refractivity contribution in [2.45, 2.75) is 25.3 Å². The van der Waals surface area contributed by atoms with Crippen LogP contribution in [0.1, 0.15) is 12.5 Å². The molecule has 1 aliphatic heterocycles. The van der Waals surface area contributed by atoms with E-state index in [4.69, 9.17) is 9.47 Å². The lowest BCUT2D eigenvalue weighted by atomic mass is 10.2. The molecule has 0 saturated carbocycles. The summed E-state index contributed by atoms with van der Waals surface area (Å²) in [6.45, 7) is 4.67. The predicted octanol–water partition coefficient (Wildman–Crippen LogP) is 3.05. The molecule has 0 bridgehead atoms. The van der Waals surface area contributed by atoms with Crippen molar-refractivity contribution in [1.82, 2.24) is 4.57 Å². The molecule has 0 aliphatic carbocycles. The summed E-state index contributed by atoms with van der Waals surface area (Å²) in [5, 5.41) is 0. The summed E-state index contributed by atoms with van der Waals surface area (Å²) in [6.07, 6.45) is 0. The molecule has 8 heteroatoms. The van der Waals surface area contributed by atoms with Crippen LogP contribution >= 0.6 is 11.3 Å². The molecule has 0 saturated heterocycles. The summed E-state index contributed by atoms with van der Waals surface area (Å²) < 4.78 is 42.9. The Morgan fingerprint density at radius 3 is 2.52 bits per heavy atom. The molecule has 6 nitrogen and oxygen atoms in total. The van der Waals surface area contributed by atoms with Crippen LogP contribution in [-0.2, 0) is 16.6 Å². The van der Waals surface area contributed by atoms with Crippen molar-refractivity contribution in [3.63, 3.8) is 0 Å². The molecule has 2 aromatic carbocycles. The quantitative estimate of drug-likeness (QED) is 0.704. The third-order valence-corrected chi connectivity index (χ3v) is 6.45. The standard InChI is InChI=1S/C17H16N2O4S2/c1-3-19-13-8-14-15(23-10-22-14)9-16(13)24-17(19)18-25(20,21)12-6-4-11(2)5-7-12/h4-9H,3,10H2,1-2H3. The van der Waals surface area contributed by atoms with E-state index in [1.54, 1.807) is 24.3 Å². The number of aromatic nitrogens is 1. The number of rotatable bonds is 3. The Morgan fingerprint density at radius 2 is 1.84 bits per heavy atom.